The van der Waals surface area contributed by atoms with Gasteiger partial charge in [-0.1, -0.05) is 35.3 Å². The van der Waals surface area contributed by atoms with Crippen LogP contribution < -0.4 is 5.32 Å². The summed E-state index contributed by atoms with van der Waals surface area (Å²) in [4.78, 5) is 4.00. The zero-order chi connectivity index (χ0) is 12.3. The maximum Gasteiger partial charge on any atom is 0.129 e. The van der Waals surface area contributed by atoms with Gasteiger partial charge in [-0.25, -0.2) is 4.98 Å². The third kappa shape index (κ3) is 3.35. The van der Waals surface area contributed by atoms with Gasteiger partial charge in [0.1, 0.15) is 5.15 Å². The summed E-state index contributed by atoms with van der Waals surface area (Å²) in [6.45, 7) is 2.70. The lowest BCUT2D eigenvalue weighted by molar-refractivity contribution is 1.13. The third-order valence-corrected chi connectivity index (χ3v) is 3.09. The van der Waals surface area contributed by atoms with Gasteiger partial charge in [0, 0.05) is 11.6 Å². The topological polar surface area (TPSA) is 24.9 Å². The molecule has 0 bridgehead atoms. The average molecular weight is 267 g/mol. The molecule has 2 nitrogen and oxygen atoms in total. The highest BCUT2D eigenvalue weighted by molar-refractivity contribution is 6.31. The molecule has 0 saturated heterocycles. The van der Waals surface area contributed by atoms with E-state index < -0.39 is 0 Å². The number of nitrogens with zero attached hydrogens (tertiary/aromatic N) is 1. The van der Waals surface area contributed by atoms with Crippen LogP contribution in [0.25, 0.3) is 0 Å². The van der Waals surface area contributed by atoms with Crippen molar-refractivity contribution < 1.29 is 0 Å². The van der Waals surface area contributed by atoms with Crippen molar-refractivity contribution in [3.05, 3.63) is 57.8 Å². The second kappa shape index (κ2) is 5.39. The molecule has 2 aromatic rings. The summed E-state index contributed by atoms with van der Waals surface area (Å²) in [6.07, 6.45) is 1.71. The molecule has 0 fully saturated rings. The highest BCUT2D eigenvalue weighted by Crippen LogP contribution is 2.18. The normalized spacial score (nSPS) is 10.3. The summed E-state index contributed by atoms with van der Waals surface area (Å²) in [7, 11) is 0. The van der Waals surface area contributed by atoms with Crippen LogP contribution in [0.3, 0.4) is 0 Å². The quantitative estimate of drug-likeness (QED) is 0.838. The molecule has 1 aromatic heterocycles. The van der Waals surface area contributed by atoms with Gasteiger partial charge in [0.2, 0.25) is 0 Å². The number of pyridine rings is 1. The van der Waals surface area contributed by atoms with Gasteiger partial charge in [0.15, 0.2) is 0 Å². The van der Waals surface area contributed by atoms with Gasteiger partial charge in [0.05, 0.1) is 11.9 Å². The van der Waals surface area contributed by atoms with Crippen molar-refractivity contribution in [2.24, 2.45) is 0 Å². The van der Waals surface area contributed by atoms with Crippen molar-refractivity contribution >= 4 is 28.9 Å². The second-order valence-corrected chi connectivity index (χ2v) is 4.60. The number of anilines is 1. The Morgan fingerprint density at radius 1 is 1.18 bits per heavy atom. The zero-order valence-corrected chi connectivity index (χ0v) is 10.9. The van der Waals surface area contributed by atoms with Gasteiger partial charge >= 0.3 is 0 Å². The van der Waals surface area contributed by atoms with Crippen LogP contribution in [0, 0.1) is 6.92 Å². The Morgan fingerprint density at radius 3 is 2.65 bits per heavy atom. The van der Waals surface area contributed by atoms with Crippen LogP contribution in [0.1, 0.15) is 11.1 Å². The molecule has 0 aliphatic carbocycles. The highest BCUT2D eigenvalue weighted by Gasteiger charge is 1.98. The van der Waals surface area contributed by atoms with Crippen LogP contribution in [-0.2, 0) is 6.54 Å². The number of halogens is 2. The van der Waals surface area contributed by atoms with Crippen LogP contribution >= 0.6 is 23.2 Å². The van der Waals surface area contributed by atoms with Crippen LogP contribution in [-0.4, -0.2) is 4.98 Å². The molecule has 0 aliphatic heterocycles. The van der Waals surface area contributed by atoms with Gasteiger partial charge in [0.25, 0.3) is 0 Å². The second-order valence-electron chi connectivity index (χ2n) is 3.81. The molecule has 4 heteroatoms. The monoisotopic (exact) mass is 266 g/mol. The van der Waals surface area contributed by atoms with Crippen molar-refractivity contribution in [3.8, 4) is 0 Å². The largest absolute Gasteiger partial charge is 0.380 e. The molecule has 0 atom stereocenters. The van der Waals surface area contributed by atoms with E-state index in [1.807, 2.05) is 25.1 Å². The number of aromatic nitrogens is 1. The molecule has 0 radical (unpaired) electrons. The Balaban J connectivity index is 2.02. The minimum absolute atomic E-state index is 0.494. The first-order valence-corrected chi connectivity index (χ1v) is 6.01. The minimum Gasteiger partial charge on any atom is -0.380 e. The Labute approximate surface area is 111 Å². The molecule has 0 amide bonds. The molecule has 1 aromatic carbocycles. The van der Waals surface area contributed by atoms with Crippen LogP contribution in [0.15, 0.2) is 36.5 Å². The van der Waals surface area contributed by atoms with Crippen LogP contribution in [0.2, 0.25) is 10.2 Å². The third-order valence-electron chi connectivity index (χ3n) is 2.46. The molecule has 0 unspecified atom stereocenters. The summed E-state index contributed by atoms with van der Waals surface area (Å²) in [5, 5.41) is 4.54. The zero-order valence-electron chi connectivity index (χ0n) is 9.37. The van der Waals surface area contributed by atoms with Crippen LogP contribution in [0.4, 0.5) is 5.69 Å². The minimum atomic E-state index is 0.494. The molecular formula is C13H12Cl2N2. The Kier molecular flexibility index (Phi) is 3.87. The van der Waals surface area contributed by atoms with Gasteiger partial charge in [-0.3, -0.25) is 0 Å². The highest BCUT2D eigenvalue weighted by atomic mass is 35.5. The first-order valence-electron chi connectivity index (χ1n) is 5.25. The first-order chi connectivity index (χ1) is 8.15. The summed E-state index contributed by atoms with van der Waals surface area (Å²) >= 11 is 11.8. The fraction of sp³-hybridized carbons (Fsp3) is 0.154. The summed E-state index contributed by atoms with van der Waals surface area (Å²) in [6, 6.07) is 9.68. The molecule has 1 heterocycles. The molecule has 0 spiro atoms. The van der Waals surface area contributed by atoms with Crippen LogP contribution in [0.5, 0.6) is 0 Å². The lowest BCUT2D eigenvalue weighted by atomic mass is 10.1. The maximum absolute atomic E-state index is 6.06. The SMILES string of the molecule is Cc1ccc(CNc2ccc(Cl)nc2)cc1Cl. The van der Waals surface area contributed by atoms with Gasteiger partial charge in [-0.15, -0.1) is 0 Å². The Hall–Kier alpha value is -1.25. The number of aryl methyl sites for hydroxylation is 1. The van der Waals surface area contributed by atoms with E-state index in [1.54, 1.807) is 12.3 Å². The molecule has 1 N–H and O–H groups in total. The predicted octanol–water partition coefficient (Wildman–Crippen LogP) is 4.31. The summed E-state index contributed by atoms with van der Waals surface area (Å²) in [5.41, 5.74) is 3.16. The Bertz CT molecular complexity index is 509. The molecule has 17 heavy (non-hydrogen) atoms. The van der Waals surface area contributed by atoms with Crippen molar-refractivity contribution in [2.45, 2.75) is 13.5 Å². The lowest BCUT2D eigenvalue weighted by Crippen LogP contribution is -1.99. The van der Waals surface area contributed by atoms with Gasteiger partial charge < -0.3 is 5.32 Å². The number of benzene rings is 1. The fourth-order valence-electron chi connectivity index (χ4n) is 1.43. The van der Waals surface area contributed by atoms with E-state index in [0.717, 1.165) is 21.8 Å². The lowest BCUT2D eigenvalue weighted by Gasteiger charge is -2.07. The van der Waals surface area contributed by atoms with E-state index in [0.29, 0.717) is 11.7 Å². The van der Waals surface area contributed by atoms with Crippen molar-refractivity contribution in [2.75, 3.05) is 5.32 Å². The number of hydrogen-bond acceptors (Lipinski definition) is 2. The number of hydrogen-bond donors (Lipinski definition) is 1. The van der Waals surface area contributed by atoms with E-state index >= 15 is 0 Å². The van der Waals surface area contributed by atoms with Crippen molar-refractivity contribution in [1.82, 2.24) is 4.98 Å². The average Bonchev–Trinajstić information content (AvgIpc) is 2.33. The van der Waals surface area contributed by atoms with E-state index in [1.165, 1.54) is 0 Å². The standard InChI is InChI=1S/C13H12Cl2N2/c1-9-2-3-10(6-12(9)14)7-16-11-4-5-13(15)17-8-11/h2-6,8,16H,7H2,1H3. The van der Waals surface area contributed by atoms with Crippen molar-refractivity contribution in [1.29, 1.82) is 0 Å². The van der Waals surface area contributed by atoms with Gasteiger partial charge in [-0.05, 0) is 36.2 Å². The smallest absolute Gasteiger partial charge is 0.129 e. The van der Waals surface area contributed by atoms with E-state index in [9.17, 15) is 0 Å². The van der Waals surface area contributed by atoms with E-state index in [-0.39, 0.29) is 0 Å². The molecular weight excluding hydrogens is 255 g/mol. The predicted molar refractivity (Wildman–Crippen MR) is 72.8 cm³/mol. The molecule has 88 valence electrons. The summed E-state index contributed by atoms with van der Waals surface area (Å²) in [5.74, 6) is 0. The molecule has 0 saturated carbocycles. The van der Waals surface area contributed by atoms with Gasteiger partial charge in [-0.2, -0.15) is 0 Å². The van der Waals surface area contributed by atoms with E-state index in [2.05, 4.69) is 16.4 Å². The van der Waals surface area contributed by atoms with E-state index in [4.69, 9.17) is 23.2 Å². The number of nitrogens with one attached hydrogen (secondary N) is 1. The molecule has 2 rings (SSSR count). The fourth-order valence-corrected chi connectivity index (χ4v) is 1.75. The maximum atomic E-state index is 6.06. The summed E-state index contributed by atoms with van der Waals surface area (Å²) < 4.78 is 0. The Morgan fingerprint density at radius 2 is 2.00 bits per heavy atom. The first kappa shape index (κ1) is 12.2. The van der Waals surface area contributed by atoms with Crippen molar-refractivity contribution in [3.63, 3.8) is 0 Å². The number of rotatable bonds is 3. The molecule has 0 aliphatic rings.